The van der Waals surface area contributed by atoms with Gasteiger partial charge in [-0.05, 0) is 49.8 Å². The minimum absolute atomic E-state index is 0.349. The Morgan fingerprint density at radius 3 is 2.82 bits per heavy atom. The maximum atomic E-state index is 10.4. The number of aliphatic hydroxyl groups is 1. The van der Waals surface area contributed by atoms with E-state index in [4.69, 9.17) is 0 Å². The average molecular weight is 250 g/mol. The summed E-state index contributed by atoms with van der Waals surface area (Å²) in [6, 6.07) is 4.24. The summed E-state index contributed by atoms with van der Waals surface area (Å²) in [6.07, 6.45) is 10.4. The first-order valence-electron chi connectivity index (χ1n) is 6.77. The van der Waals surface area contributed by atoms with Crippen LogP contribution in [0.4, 0.5) is 0 Å². The number of aryl methyl sites for hydroxylation is 1. The molecule has 1 aromatic heterocycles. The van der Waals surface area contributed by atoms with E-state index in [9.17, 15) is 5.11 Å². The molecule has 0 aliphatic heterocycles. The van der Waals surface area contributed by atoms with Crippen LogP contribution in [0.2, 0.25) is 0 Å². The monoisotopic (exact) mass is 250 g/mol. The molecule has 1 aliphatic rings. The van der Waals surface area contributed by atoms with Crippen LogP contribution in [-0.4, -0.2) is 5.11 Å². The molecular formula is C15H22OS. The Morgan fingerprint density at radius 1 is 1.24 bits per heavy atom. The summed E-state index contributed by atoms with van der Waals surface area (Å²) in [4.78, 5) is 2.49. The van der Waals surface area contributed by atoms with Gasteiger partial charge in [0.1, 0.15) is 6.10 Å². The zero-order valence-electron chi connectivity index (χ0n) is 10.6. The first-order valence-corrected chi connectivity index (χ1v) is 7.58. The van der Waals surface area contributed by atoms with Crippen molar-refractivity contribution in [2.24, 2.45) is 0 Å². The van der Waals surface area contributed by atoms with Crippen LogP contribution in [0.3, 0.4) is 0 Å². The SMILES string of the molecule is CCc1ccc(C(O)/C2=C/CCCCCC2)s1. The third kappa shape index (κ3) is 3.43. The maximum absolute atomic E-state index is 10.4. The van der Waals surface area contributed by atoms with Gasteiger partial charge in [-0.25, -0.2) is 0 Å². The quantitative estimate of drug-likeness (QED) is 0.776. The Hall–Kier alpha value is -0.600. The van der Waals surface area contributed by atoms with Crippen LogP contribution in [0.15, 0.2) is 23.8 Å². The van der Waals surface area contributed by atoms with Gasteiger partial charge in [0.25, 0.3) is 0 Å². The highest BCUT2D eigenvalue weighted by Crippen LogP contribution is 2.32. The van der Waals surface area contributed by atoms with Gasteiger partial charge in [0.15, 0.2) is 0 Å². The van der Waals surface area contributed by atoms with Gasteiger partial charge in [0.2, 0.25) is 0 Å². The van der Waals surface area contributed by atoms with Crippen molar-refractivity contribution in [3.63, 3.8) is 0 Å². The van der Waals surface area contributed by atoms with Gasteiger partial charge in [0.05, 0.1) is 0 Å². The minimum atomic E-state index is -0.349. The molecular weight excluding hydrogens is 228 g/mol. The van der Waals surface area contributed by atoms with Gasteiger partial charge in [0, 0.05) is 9.75 Å². The van der Waals surface area contributed by atoms with E-state index in [2.05, 4.69) is 25.1 Å². The molecule has 0 saturated heterocycles. The second-order valence-electron chi connectivity index (χ2n) is 4.79. The number of hydrogen-bond acceptors (Lipinski definition) is 2. The molecule has 1 N–H and O–H groups in total. The fraction of sp³-hybridized carbons (Fsp3) is 0.600. The van der Waals surface area contributed by atoms with Crippen LogP contribution in [-0.2, 0) is 6.42 Å². The molecule has 94 valence electrons. The molecule has 0 aromatic carbocycles. The summed E-state index contributed by atoms with van der Waals surface area (Å²) in [6.45, 7) is 2.16. The van der Waals surface area contributed by atoms with Gasteiger partial charge >= 0.3 is 0 Å². The summed E-state index contributed by atoms with van der Waals surface area (Å²) in [5, 5.41) is 10.4. The third-order valence-corrected chi connectivity index (χ3v) is 4.76. The largest absolute Gasteiger partial charge is 0.383 e. The van der Waals surface area contributed by atoms with E-state index in [1.54, 1.807) is 11.3 Å². The van der Waals surface area contributed by atoms with Crippen LogP contribution in [0.1, 0.15) is 61.3 Å². The number of aliphatic hydroxyl groups excluding tert-OH is 1. The second kappa shape index (κ2) is 6.36. The highest BCUT2D eigenvalue weighted by atomic mass is 32.1. The van der Waals surface area contributed by atoms with E-state index in [1.807, 2.05) is 0 Å². The molecule has 0 bridgehead atoms. The normalized spacial score (nSPS) is 22.4. The summed E-state index contributed by atoms with van der Waals surface area (Å²) in [7, 11) is 0. The van der Waals surface area contributed by atoms with E-state index in [0.717, 1.165) is 24.1 Å². The molecule has 1 nitrogen and oxygen atoms in total. The van der Waals surface area contributed by atoms with Crippen LogP contribution in [0, 0.1) is 0 Å². The van der Waals surface area contributed by atoms with Crippen LogP contribution in [0.25, 0.3) is 0 Å². The van der Waals surface area contributed by atoms with Crippen molar-refractivity contribution in [1.82, 2.24) is 0 Å². The number of allylic oxidation sites excluding steroid dienone is 1. The van der Waals surface area contributed by atoms with Gasteiger partial charge in [-0.1, -0.05) is 25.8 Å². The number of hydrogen-bond donors (Lipinski definition) is 1. The summed E-state index contributed by atoms with van der Waals surface area (Å²) < 4.78 is 0. The highest BCUT2D eigenvalue weighted by molar-refractivity contribution is 7.12. The van der Waals surface area contributed by atoms with Crippen LogP contribution in [0.5, 0.6) is 0 Å². The lowest BCUT2D eigenvalue weighted by Gasteiger charge is -2.16. The van der Waals surface area contributed by atoms with Gasteiger partial charge in [-0.3, -0.25) is 0 Å². The lowest BCUT2D eigenvalue weighted by molar-refractivity contribution is 0.213. The fourth-order valence-corrected chi connectivity index (χ4v) is 3.36. The van der Waals surface area contributed by atoms with Crippen molar-refractivity contribution in [2.75, 3.05) is 0 Å². The van der Waals surface area contributed by atoms with Crippen molar-refractivity contribution in [1.29, 1.82) is 0 Å². The highest BCUT2D eigenvalue weighted by Gasteiger charge is 2.15. The summed E-state index contributed by atoms with van der Waals surface area (Å²) in [5.74, 6) is 0. The topological polar surface area (TPSA) is 20.2 Å². The van der Waals surface area contributed by atoms with Crippen molar-refractivity contribution in [2.45, 2.75) is 58.0 Å². The van der Waals surface area contributed by atoms with Crippen LogP contribution >= 0.6 is 11.3 Å². The Balaban J connectivity index is 2.08. The Morgan fingerprint density at radius 2 is 2.06 bits per heavy atom. The van der Waals surface area contributed by atoms with Gasteiger partial charge in [-0.2, -0.15) is 0 Å². The molecule has 0 amide bonds. The molecule has 0 saturated carbocycles. The van der Waals surface area contributed by atoms with E-state index in [-0.39, 0.29) is 6.10 Å². The first kappa shape index (κ1) is 12.8. The molecule has 0 radical (unpaired) electrons. The molecule has 0 fully saturated rings. The standard InChI is InChI=1S/C15H22OS/c1-2-13-10-11-14(17-13)15(16)12-8-6-4-3-5-7-9-12/h8,10-11,15-16H,2-7,9H2,1H3/b12-8+. The first-order chi connectivity index (χ1) is 8.31. The van der Waals surface area contributed by atoms with E-state index in [1.165, 1.54) is 36.1 Å². The molecule has 0 spiro atoms. The summed E-state index contributed by atoms with van der Waals surface area (Å²) in [5.41, 5.74) is 1.24. The minimum Gasteiger partial charge on any atom is -0.383 e. The maximum Gasteiger partial charge on any atom is 0.109 e. The fourth-order valence-electron chi connectivity index (χ4n) is 2.38. The van der Waals surface area contributed by atoms with Crippen molar-refractivity contribution < 1.29 is 5.11 Å². The van der Waals surface area contributed by atoms with E-state index in [0.29, 0.717) is 0 Å². The van der Waals surface area contributed by atoms with Crippen molar-refractivity contribution in [3.05, 3.63) is 33.5 Å². The Labute approximate surface area is 108 Å². The molecule has 1 heterocycles. The zero-order valence-corrected chi connectivity index (χ0v) is 11.4. The lowest BCUT2D eigenvalue weighted by atomic mass is 9.96. The second-order valence-corrected chi connectivity index (χ2v) is 5.99. The molecule has 1 atom stereocenters. The van der Waals surface area contributed by atoms with Crippen LogP contribution < -0.4 is 0 Å². The molecule has 17 heavy (non-hydrogen) atoms. The Kier molecular flexibility index (Phi) is 4.81. The van der Waals surface area contributed by atoms with Crippen molar-refractivity contribution >= 4 is 11.3 Å². The predicted octanol–water partition coefficient (Wildman–Crippen LogP) is 4.62. The Bertz CT molecular complexity index is 378. The molecule has 2 heteroatoms. The molecule has 1 aromatic rings. The lowest BCUT2D eigenvalue weighted by Crippen LogP contribution is -2.01. The molecule has 2 rings (SSSR count). The smallest absolute Gasteiger partial charge is 0.109 e. The van der Waals surface area contributed by atoms with E-state index < -0.39 is 0 Å². The molecule has 1 unspecified atom stereocenters. The predicted molar refractivity (Wildman–Crippen MR) is 74.4 cm³/mol. The van der Waals surface area contributed by atoms with Crippen molar-refractivity contribution in [3.8, 4) is 0 Å². The average Bonchev–Trinajstić information content (AvgIpc) is 2.76. The van der Waals surface area contributed by atoms with Gasteiger partial charge in [-0.15, -0.1) is 11.3 Å². The number of rotatable bonds is 3. The molecule has 1 aliphatic carbocycles. The third-order valence-electron chi connectivity index (χ3n) is 3.48. The number of thiophene rings is 1. The zero-order chi connectivity index (χ0) is 12.1. The van der Waals surface area contributed by atoms with Gasteiger partial charge < -0.3 is 5.11 Å². The van der Waals surface area contributed by atoms with E-state index >= 15 is 0 Å². The summed E-state index contributed by atoms with van der Waals surface area (Å²) >= 11 is 1.76.